The molecule has 2 N–H and O–H groups in total. The number of H-pyrrole nitrogens is 1. The lowest BCUT2D eigenvalue weighted by molar-refractivity contribution is 0.560. The van der Waals surface area contributed by atoms with Gasteiger partial charge in [-0.15, -0.1) is 0 Å². The van der Waals surface area contributed by atoms with Crippen molar-refractivity contribution in [2.24, 2.45) is 0 Å². The van der Waals surface area contributed by atoms with Gasteiger partial charge in [-0.05, 0) is 36.8 Å². The Balaban J connectivity index is 1.95. The van der Waals surface area contributed by atoms with Gasteiger partial charge in [-0.1, -0.05) is 12.1 Å². The Morgan fingerprint density at radius 2 is 2.19 bits per heavy atom. The second kappa shape index (κ2) is 4.94. The summed E-state index contributed by atoms with van der Waals surface area (Å²) in [5.74, 6) is -0.189. The molecule has 2 nitrogen and oxygen atoms in total. The first-order chi connectivity index (χ1) is 7.75. The van der Waals surface area contributed by atoms with E-state index in [2.05, 4.69) is 10.3 Å². The summed E-state index contributed by atoms with van der Waals surface area (Å²) in [7, 11) is 0. The highest BCUT2D eigenvalue weighted by Gasteiger charge is 2.05. The van der Waals surface area contributed by atoms with Crippen molar-refractivity contribution in [1.29, 1.82) is 0 Å². The van der Waals surface area contributed by atoms with E-state index in [1.807, 2.05) is 31.3 Å². The molecule has 0 saturated heterocycles. The first kappa shape index (κ1) is 10.9. The highest BCUT2D eigenvalue weighted by atomic mass is 19.1. The molecule has 2 rings (SSSR count). The average molecular weight is 218 g/mol. The Labute approximate surface area is 94.5 Å². The van der Waals surface area contributed by atoms with E-state index in [0.29, 0.717) is 0 Å². The van der Waals surface area contributed by atoms with Gasteiger partial charge in [-0.2, -0.15) is 0 Å². The maximum Gasteiger partial charge on any atom is 0.123 e. The minimum atomic E-state index is -0.189. The molecule has 0 aliphatic rings. The molecule has 1 aromatic heterocycles. The molecule has 0 radical (unpaired) electrons. The molecule has 16 heavy (non-hydrogen) atoms. The Morgan fingerprint density at radius 3 is 2.88 bits per heavy atom. The number of halogens is 1. The Kier molecular flexibility index (Phi) is 3.37. The normalized spacial score (nSPS) is 12.6. The van der Waals surface area contributed by atoms with Crippen LogP contribution in [-0.4, -0.2) is 4.98 Å². The van der Waals surface area contributed by atoms with Crippen LogP contribution in [0.15, 0.2) is 42.6 Å². The van der Waals surface area contributed by atoms with Gasteiger partial charge < -0.3 is 10.3 Å². The van der Waals surface area contributed by atoms with Crippen LogP contribution in [0.1, 0.15) is 24.2 Å². The van der Waals surface area contributed by atoms with Crippen LogP contribution in [0.5, 0.6) is 0 Å². The van der Waals surface area contributed by atoms with E-state index in [-0.39, 0.29) is 11.9 Å². The molecular formula is C13H15FN2. The molecule has 3 heteroatoms. The molecule has 0 saturated carbocycles. The van der Waals surface area contributed by atoms with Crippen LogP contribution < -0.4 is 5.32 Å². The molecule has 0 aliphatic carbocycles. The van der Waals surface area contributed by atoms with E-state index in [9.17, 15) is 4.39 Å². The van der Waals surface area contributed by atoms with Crippen molar-refractivity contribution >= 4 is 0 Å². The van der Waals surface area contributed by atoms with Crippen molar-refractivity contribution < 1.29 is 4.39 Å². The first-order valence-electron chi connectivity index (χ1n) is 5.37. The van der Waals surface area contributed by atoms with Gasteiger partial charge in [0, 0.05) is 24.5 Å². The Hall–Kier alpha value is -1.61. The second-order valence-electron chi connectivity index (χ2n) is 3.85. The summed E-state index contributed by atoms with van der Waals surface area (Å²) in [5.41, 5.74) is 2.09. The fourth-order valence-electron chi connectivity index (χ4n) is 1.63. The van der Waals surface area contributed by atoms with E-state index in [1.165, 1.54) is 6.07 Å². The number of benzene rings is 1. The molecule has 1 aromatic carbocycles. The van der Waals surface area contributed by atoms with Crippen molar-refractivity contribution in [2.75, 3.05) is 0 Å². The molecule has 1 atom stereocenters. The highest BCUT2D eigenvalue weighted by molar-refractivity contribution is 5.19. The van der Waals surface area contributed by atoms with Gasteiger partial charge in [0.25, 0.3) is 0 Å². The Morgan fingerprint density at radius 1 is 1.31 bits per heavy atom. The molecule has 0 aliphatic heterocycles. The summed E-state index contributed by atoms with van der Waals surface area (Å²) in [6.07, 6.45) is 1.89. The van der Waals surface area contributed by atoms with Gasteiger partial charge >= 0.3 is 0 Å². The lowest BCUT2D eigenvalue weighted by atomic mass is 10.1. The molecule has 0 unspecified atom stereocenters. The molecule has 0 bridgehead atoms. The lowest BCUT2D eigenvalue weighted by Gasteiger charge is -2.13. The number of hydrogen-bond acceptors (Lipinski definition) is 1. The van der Waals surface area contributed by atoms with Crippen LogP contribution in [0.2, 0.25) is 0 Å². The summed E-state index contributed by atoms with van der Waals surface area (Å²) in [6.45, 7) is 2.78. The zero-order valence-electron chi connectivity index (χ0n) is 9.20. The van der Waals surface area contributed by atoms with Gasteiger partial charge in [0.1, 0.15) is 5.82 Å². The Bertz CT molecular complexity index is 437. The van der Waals surface area contributed by atoms with Crippen LogP contribution in [0.3, 0.4) is 0 Å². The molecule has 0 fully saturated rings. The smallest absolute Gasteiger partial charge is 0.123 e. The van der Waals surface area contributed by atoms with Crippen LogP contribution in [0.25, 0.3) is 0 Å². The fraction of sp³-hybridized carbons (Fsp3) is 0.231. The third-order valence-electron chi connectivity index (χ3n) is 2.61. The topological polar surface area (TPSA) is 27.8 Å². The maximum atomic E-state index is 13.0. The van der Waals surface area contributed by atoms with Gasteiger partial charge in [0.05, 0.1) is 0 Å². The summed E-state index contributed by atoms with van der Waals surface area (Å²) < 4.78 is 13.0. The van der Waals surface area contributed by atoms with Crippen molar-refractivity contribution in [1.82, 2.24) is 10.3 Å². The van der Waals surface area contributed by atoms with Gasteiger partial charge in [-0.25, -0.2) is 4.39 Å². The van der Waals surface area contributed by atoms with Gasteiger partial charge in [-0.3, -0.25) is 0 Å². The van der Waals surface area contributed by atoms with E-state index < -0.39 is 0 Å². The minimum Gasteiger partial charge on any atom is -0.364 e. The maximum absolute atomic E-state index is 13.0. The molecule has 0 amide bonds. The quantitative estimate of drug-likeness (QED) is 0.811. The molecule has 1 heterocycles. The second-order valence-corrected chi connectivity index (χ2v) is 3.85. The number of aromatic amines is 1. The van der Waals surface area contributed by atoms with Crippen LogP contribution in [0.4, 0.5) is 4.39 Å². The van der Waals surface area contributed by atoms with Crippen molar-refractivity contribution in [3.63, 3.8) is 0 Å². The lowest BCUT2D eigenvalue weighted by Crippen LogP contribution is -2.18. The molecule has 84 valence electrons. The summed E-state index contributed by atoms with van der Waals surface area (Å²) >= 11 is 0. The predicted octanol–water partition coefficient (Wildman–Crippen LogP) is 3.00. The number of aromatic nitrogens is 1. The van der Waals surface area contributed by atoms with Crippen molar-refractivity contribution in [3.05, 3.63) is 59.7 Å². The average Bonchev–Trinajstić information content (AvgIpc) is 2.78. The molecule has 2 aromatic rings. The van der Waals surface area contributed by atoms with E-state index >= 15 is 0 Å². The third kappa shape index (κ3) is 2.70. The molecule has 0 spiro atoms. The van der Waals surface area contributed by atoms with Crippen LogP contribution in [0, 0.1) is 5.82 Å². The third-order valence-corrected chi connectivity index (χ3v) is 2.61. The van der Waals surface area contributed by atoms with Crippen LogP contribution in [-0.2, 0) is 6.54 Å². The largest absolute Gasteiger partial charge is 0.364 e. The van der Waals surface area contributed by atoms with Crippen LogP contribution >= 0.6 is 0 Å². The summed E-state index contributed by atoms with van der Waals surface area (Å²) in [5, 5.41) is 3.33. The fourth-order valence-corrected chi connectivity index (χ4v) is 1.63. The number of rotatable bonds is 4. The predicted molar refractivity (Wildman–Crippen MR) is 62.4 cm³/mol. The van der Waals surface area contributed by atoms with Gasteiger partial charge in [0.2, 0.25) is 0 Å². The summed E-state index contributed by atoms with van der Waals surface area (Å²) in [4.78, 5) is 3.12. The highest BCUT2D eigenvalue weighted by Crippen LogP contribution is 2.13. The standard InChI is InChI=1S/C13H15FN2/c1-10(11-4-2-5-12(14)8-11)16-9-13-6-3-7-15-13/h2-8,10,15-16H,9H2,1H3/t10-/m1/s1. The van der Waals surface area contributed by atoms with E-state index in [4.69, 9.17) is 0 Å². The van der Waals surface area contributed by atoms with E-state index in [1.54, 1.807) is 12.1 Å². The zero-order valence-corrected chi connectivity index (χ0v) is 9.20. The monoisotopic (exact) mass is 218 g/mol. The zero-order chi connectivity index (χ0) is 11.4. The first-order valence-corrected chi connectivity index (χ1v) is 5.37. The molecular weight excluding hydrogens is 203 g/mol. The SMILES string of the molecule is C[C@@H](NCc1ccc[nH]1)c1cccc(F)c1. The van der Waals surface area contributed by atoms with Crippen molar-refractivity contribution in [3.8, 4) is 0 Å². The van der Waals surface area contributed by atoms with E-state index in [0.717, 1.165) is 17.8 Å². The summed E-state index contributed by atoms with van der Waals surface area (Å²) in [6, 6.07) is 10.8. The van der Waals surface area contributed by atoms with Crippen molar-refractivity contribution in [2.45, 2.75) is 19.5 Å². The minimum absolute atomic E-state index is 0.138. The number of hydrogen-bond donors (Lipinski definition) is 2. The van der Waals surface area contributed by atoms with Gasteiger partial charge in [0.15, 0.2) is 0 Å². The number of nitrogens with one attached hydrogen (secondary N) is 2.